The summed E-state index contributed by atoms with van der Waals surface area (Å²) in [5.74, 6) is 0. The van der Waals surface area contributed by atoms with Crippen LogP contribution in [-0.4, -0.2) is 53.9 Å². The van der Waals surface area contributed by atoms with Crippen LogP contribution in [0.4, 0.5) is 0 Å². The zero-order chi connectivity index (χ0) is 16.9. The van der Waals surface area contributed by atoms with Crippen molar-refractivity contribution in [1.29, 1.82) is 0 Å². The van der Waals surface area contributed by atoms with Gasteiger partial charge in [-0.2, -0.15) is 0 Å². The van der Waals surface area contributed by atoms with Crippen LogP contribution >= 0.6 is 0 Å². The van der Waals surface area contributed by atoms with Gasteiger partial charge in [0.15, 0.2) is 0 Å². The molecule has 0 saturated heterocycles. The SMILES string of the molecule is O.[O-]CCN(CC[O-])C(C[O-])Cn1c2ccccc2c2ccccc21.[V]. The predicted molar refractivity (Wildman–Crippen MR) is 93.0 cm³/mol. The van der Waals surface area contributed by atoms with Gasteiger partial charge < -0.3 is 30.3 Å². The van der Waals surface area contributed by atoms with E-state index in [1.165, 1.54) is 0 Å². The topological polar surface area (TPSA) is 109 Å². The number of hydrogen-bond donors (Lipinski definition) is 0. The van der Waals surface area contributed by atoms with Crippen molar-refractivity contribution < 1.29 is 39.4 Å². The number of hydrogen-bond acceptors (Lipinski definition) is 4. The summed E-state index contributed by atoms with van der Waals surface area (Å²) in [6.45, 7) is 0.0320. The molecule has 1 radical (unpaired) electrons. The molecule has 3 rings (SSSR count). The van der Waals surface area contributed by atoms with Crippen LogP contribution in [0.3, 0.4) is 0 Å². The maximum atomic E-state index is 11.8. The molecule has 0 fully saturated rings. The number of para-hydroxylation sites is 2. The molecule has 6 nitrogen and oxygen atoms in total. The van der Waals surface area contributed by atoms with Gasteiger partial charge in [0.25, 0.3) is 0 Å². The quantitative estimate of drug-likeness (QED) is 0.474. The van der Waals surface area contributed by atoms with Crippen molar-refractivity contribution in [1.82, 2.24) is 9.47 Å². The van der Waals surface area contributed by atoms with E-state index < -0.39 is 0 Å². The fourth-order valence-electron chi connectivity index (χ4n) is 3.40. The molecular formula is C19H23N2O4V-3. The van der Waals surface area contributed by atoms with E-state index in [0.29, 0.717) is 6.54 Å². The molecule has 1 heterocycles. The molecule has 26 heavy (non-hydrogen) atoms. The molecule has 2 aromatic carbocycles. The molecule has 141 valence electrons. The van der Waals surface area contributed by atoms with Crippen LogP contribution in [0.25, 0.3) is 21.8 Å². The summed E-state index contributed by atoms with van der Waals surface area (Å²) in [6.07, 6.45) is 0. The summed E-state index contributed by atoms with van der Waals surface area (Å²) in [7, 11) is 0. The third-order valence-corrected chi connectivity index (χ3v) is 4.54. The van der Waals surface area contributed by atoms with Crippen molar-refractivity contribution in [2.75, 3.05) is 32.9 Å². The van der Waals surface area contributed by atoms with Gasteiger partial charge in [-0.05, 0) is 25.2 Å². The first-order valence-corrected chi connectivity index (χ1v) is 8.24. The van der Waals surface area contributed by atoms with Gasteiger partial charge >= 0.3 is 0 Å². The number of rotatable bonds is 8. The minimum Gasteiger partial charge on any atom is -0.854 e. The Morgan fingerprint density at radius 2 is 1.27 bits per heavy atom. The fourth-order valence-corrected chi connectivity index (χ4v) is 3.40. The van der Waals surface area contributed by atoms with Crippen LogP contribution in [0.1, 0.15) is 0 Å². The summed E-state index contributed by atoms with van der Waals surface area (Å²) >= 11 is 0. The smallest absolute Gasteiger partial charge is 0.0491 e. The van der Waals surface area contributed by atoms with Crippen LogP contribution in [-0.2, 0) is 25.1 Å². The van der Waals surface area contributed by atoms with E-state index in [1.807, 2.05) is 36.4 Å². The second-order valence-electron chi connectivity index (χ2n) is 5.91. The van der Waals surface area contributed by atoms with E-state index in [2.05, 4.69) is 16.7 Å². The average Bonchev–Trinajstić information content (AvgIpc) is 2.94. The monoisotopic (exact) mass is 394 g/mol. The van der Waals surface area contributed by atoms with Crippen LogP contribution in [0.2, 0.25) is 0 Å². The van der Waals surface area contributed by atoms with Crippen molar-refractivity contribution in [2.45, 2.75) is 12.6 Å². The van der Waals surface area contributed by atoms with Crippen molar-refractivity contribution in [3.63, 3.8) is 0 Å². The molecule has 2 N–H and O–H groups in total. The largest absolute Gasteiger partial charge is 0.854 e. The van der Waals surface area contributed by atoms with Crippen LogP contribution in [0, 0.1) is 0 Å². The van der Waals surface area contributed by atoms with Crippen molar-refractivity contribution in [3.05, 3.63) is 48.5 Å². The molecule has 0 spiro atoms. The zero-order valence-electron chi connectivity index (χ0n) is 14.5. The van der Waals surface area contributed by atoms with Gasteiger partial charge in [-0.3, -0.25) is 0 Å². The molecule has 1 aromatic heterocycles. The summed E-state index contributed by atoms with van der Waals surface area (Å²) < 4.78 is 2.13. The first kappa shape index (κ1) is 22.7. The molecule has 3 aromatic rings. The maximum Gasteiger partial charge on any atom is 0.0491 e. The standard InChI is InChI=1S/C19H21N2O3.H2O.V/c22-11-9-20(10-12-23)15(14-24)13-21-18-7-3-1-5-16(18)17-6-2-4-8-19(17)21;;/h1-8,15H,9-14H2;1H2;/q-3;;. The van der Waals surface area contributed by atoms with E-state index in [1.54, 1.807) is 4.90 Å². The number of fused-ring (bicyclic) bond motifs is 3. The van der Waals surface area contributed by atoms with Gasteiger partial charge in [0.2, 0.25) is 0 Å². The Morgan fingerprint density at radius 3 is 1.69 bits per heavy atom. The molecule has 0 aliphatic heterocycles. The summed E-state index contributed by atoms with van der Waals surface area (Å²) in [5.41, 5.74) is 2.14. The number of benzene rings is 2. The Bertz CT molecular complexity index is 749. The molecule has 0 aliphatic rings. The van der Waals surface area contributed by atoms with Gasteiger partial charge in [0.05, 0.1) is 0 Å². The Labute approximate surface area is 164 Å². The first-order valence-electron chi connectivity index (χ1n) is 8.24. The molecule has 0 aliphatic carbocycles. The van der Waals surface area contributed by atoms with Gasteiger partial charge in [-0.1, -0.05) is 36.4 Å². The first-order chi connectivity index (χ1) is 11.8. The minimum atomic E-state index is -0.355. The Hall–Kier alpha value is -1.38. The van der Waals surface area contributed by atoms with Crippen molar-refractivity contribution in [2.24, 2.45) is 0 Å². The third-order valence-electron chi connectivity index (χ3n) is 4.54. The molecule has 1 atom stereocenters. The van der Waals surface area contributed by atoms with Gasteiger partial charge in [0.1, 0.15) is 0 Å². The van der Waals surface area contributed by atoms with Gasteiger partial charge in [-0.25, -0.2) is 0 Å². The van der Waals surface area contributed by atoms with Crippen LogP contribution in [0.15, 0.2) is 48.5 Å². The normalized spacial score (nSPS) is 12.2. The molecule has 1 unspecified atom stereocenters. The van der Waals surface area contributed by atoms with E-state index in [4.69, 9.17) is 0 Å². The van der Waals surface area contributed by atoms with Gasteiger partial charge in [0, 0.05) is 52.9 Å². The van der Waals surface area contributed by atoms with E-state index in [9.17, 15) is 15.3 Å². The molecule has 0 bridgehead atoms. The van der Waals surface area contributed by atoms with Crippen LogP contribution in [0.5, 0.6) is 0 Å². The molecular weight excluding hydrogens is 371 g/mol. The van der Waals surface area contributed by atoms with E-state index >= 15 is 0 Å². The second-order valence-corrected chi connectivity index (χ2v) is 5.91. The molecule has 0 saturated carbocycles. The van der Waals surface area contributed by atoms with Crippen molar-refractivity contribution in [3.8, 4) is 0 Å². The molecule has 7 heteroatoms. The van der Waals surface area contributed by atoms with Gasteiger partial charge in [-0.15, -0.1) is 19.8 Å². The Morgan fingerprint density at radius 1 is 0.808 bits per heavy atom. The van der Waals surface area contributed by atoms with E-state index in [0.717, 1.165) is 21.8 Å². The van der Waals surface area contributed by atoms with E-state index in [-0.39, 0.29) is 63.0 Å². The summed E-state index contributed by atoms with van der Waals surface area (Å²) in [5, 5.41) is 36.1. The fraction of sp³-hybridized carbons (Fsp3) is 0.368. The predicted octanol–water partition coefficient (Wildman–Crippen LogP) is -1.28. The average molecular weight is 394 g/mol. The van der Waals surface area contributed by atoms with Crippen LogP contribution < -0.4 is 15.3 Å². The number of aromatic nitrogens is 1. The zero-order valence-corrected chi connectivity index (χ0v) is 15.9. The van der Waals surface area contributed by atoms with Crippen molar-refractivity contribution >= 4 is 21.8 Å². The Balaban J connectivity index is 0.00000169. The molecule has 0 amide bonds. The summed E-state index contributed by atoms with van der Waals surface area (Å²) in [6, 6.07) is 15.9. The second kappa shape index (κ2) is 10.7. The maximum absolute atomic E-state index is 11.8. The third kappa shape index (κ3) is 4.47. The number of nitrogens with zero attached hydrogens (tertiary/aromatic N) is 2. The minimum absolute atomic E-state index is 0. The summed E-state index contributed by atoms with van der Waals surface area (Å²) in [4.78, 5) is 1.75. The Kier molecular flexibility index (Phi) is 9.32.